The molecule has 0 atom stereocenters. The molecule has 0 saturated carbocycles. The van der Waals surface area contributed by atoms with Crippen molar-refractivity contribution in [2.24, 2.45) is 0 Å². The van der Waals surface area contributed by atoms with E-state index in [1.807, 2.05) is 18.2 Å². The Labute approximate surface area is 150 Å². The molecule has 0 N–H and O–H groups in total. The molecule has 3 nitrogen and oxygen atoms in total. The van der Waals surface area contributed by atoms with Gasteiger partial charge in [0, 0.05) is 0 Å². The average Bonchev–Trinajstić information content (AvgIpc) is 2.59. The van der Waals surface area contributed by atoms with Gasteiger partial charge in [0.25, 0.3) is 0 Å². The molecule has 3 heteroatoms. The zero-order valence-corrected chi connectivity index (χ0v) is 15.6. The lowest BCUT2D eigenvalue weighted by atomic mass is 9.86. The Balaban J connectivity index is 2.31. The van der Waals surface area contributed by atoms with Crippen molar-refractivity contribution in [1.82, 2.24) is 0 Å². The third kappa shape index (κ3) is 4.96. The van der Waals surface area contributed by atoms with Crippen LogP contribution in [-0.4, -0.2) is 19.7 Å². The van der Waals surface area contributed by atoms with Gasteiger partial charge in [-0.2, -0.15) is 0 Å². The maximum Gasteiger partial charge on any atom is 0.338 e. The van der Waals surface area contributed by atoms with Crippen molar-refractivity contribution in [2.45, 2.75) is 33.1 Å². The lowest BCUT2D eigenvalue weighted by Gasteiger charge is -2.18. The molecule has 2 aromatic carbocycles. The monoisotopic (exact) mass is 338 g/mol. The van der Waals surface area contributed by atoms with E-state index >= 15 is 0 Å². The zero-order chi connectivity index (χ0) is 18.4. The summed E-state index contributed by atoms with van der Waals surface area (Å²) in [6, 6.07) is 13.8. The van der Waals surface area contributed by atoms with Gasteiger partial charge in [-0.05, 0) is 47.2 Å². The molecule has 0 heterocycles. The van der Waals surface area contributed by atoms with Crippen molar-refractivity contribution in [2.75, 3.05) is 13.7 Å². The van der Waals surface area contributed by atoms with Gasteiger partial charge < -0.3 is 9.47 Å². The maximum atomic E-state index is 12.1. The Morgan fingerprint density at radius 1 is 1.04 bits per heavy atom. The number of esters is 1. The largest absolute Gasteiger partial charge is 0.497 e. The van der Waals surface area contributed by atoms with E-state index in [-0.39, 0.29) is 11.4 Å². The topological polar surface area (TPSA) is 35.5 Å². The van der Waals surface area contributed by atoms with Crippen molar-refractivity contribution in [3.8, 4) is 5.75 Å². The predicted molar refractivity (Wildman–Crippen MR) is 103 cm³/mol. The molecule has 2 rings (SSSR count). The van der Waals surface area contributed by atoms with Gasteiger partial charge in [-0.15, -0.1) is 0 Å². The highest BCUT2D eigenvalue weighted by atomic mass is 16.5. The number of methoxy groups -OCH3 is 1. The summed E-state index contributed by atoms with van der Waals surface area (Å²) in [7, 11) is 1.61. The minimum Gasteiger partial charge on any atom is -0.497 e. The number of hydrogen-bond donors (Lipinski definition) is 0. The second-order valence-corrected chi connectivity index (χ2v) is 6.88. The molecule has 0 fully saturated rings. The Morgan fingerprint density at radius 2 is 1.72 bits per heavy atom. The van der Waals surface area contributed by atoms with Gasteiger partial charge in [-0.1, -0.05) is 57.2 Å². The van der Waals surface area contributed by atoms with E-state index < -0.39 is 0 Å². The third-order valence-corrected chi connectivity index (χ3v) is 3.99. The minimum atomic E-state index is -0.326. The molecule has 25 heavy (non-hydrogen) atoms. The first-order valence-electron chi connectivity index (χ1n) is 8.49. The number of ether oxygens (including phenoxy) is 2. The molecule has 0 amide bonds. The number of benzene rings is 2. The minimum absolute atomic E-state index is 0.131. The van der Waals surface area contributed by atoms with Crippen LogP contribution in [0.1, 0.15) is 54.7 Å². The predicted octanol–water partition coefficient (Wildman–Crippen LogP) is 5.34. The van der Waals surface area contributed by atoms with Crippen molar-refractivity contribution in [3.63, 3.8) is 0 Å². The van der Waals surface area contributed by atoms with Crippen LogP contribution >= 0.6 is 0 Å². The first-order chi connectivity index (χ1) is 11.8. The highest BCUT2D eigenvalue weighted by molar-refractivity contribution is 5.95. The van der Waals surface area contributed by atoms with E-state index in [0.29, 0.717) is 17.9 Å². The van der Waals surface area contributed by atoms with E-state index in [0.717, 1.165) is 11.1 Å². The fourth-order valence-corrected chi connectivity index (χ4v) is 2.48. The summed E-state index contributed by atoms with van der Waals surface area (Å²) in [6.45, 7) is 8.73. The van der Waals surface area contributed by atoms with Gasteiger partial charge in [-0.25, -0.2) is 4.79 Å². The molecule has 132 valence electrons. The molecule has 2 aromatic rings. The highest BCUT2D eigenvalue weighted by Crippen LogP contribution is 2.24. The molecule has 0 saturated heterocycles. The van der Waals surface area contributed by atoms with Crippen LogP contribution in [0.5, 0.6) is 5.75 Å². The highest BCUT2D eigenvalue weighted by Gasteiger charge is 2.13. The number of hydrogen-bond acceptors (Lipinski definition) is 3. The zero-order valence-electron chi connectivity index (χ0n) is 15.6. The van der Waals surface area contributed by atoms with E-state index in [4.69, 9.17) is 9.47 Å². The summed E-state index contributed by atoms with van der Waals surface area (Å²) in [5.41, 5.74) is 3.80. The van der Waals surface area contributed by atoms with Crippen molar-refractivity contribution >= 4 is 18.1 Å². The summed E-state index contributed by atoms with van der Waals surface area (Å²) >= 11 is 0. The van der Waals surface area contributed by atoms with Crippen LogP contribution in [0.2, 0.25) is 0 Å². The van der Waals surface area contributed by atoms with Crippen LogP contribution in [0.15, 0.2) is 42.5 Å². The number of rotatable bonds is 5. The lowest BCUT2D eigenvalue weighted by molar-refractivity contribution is 0.0526. The summed E-state index contributed by atoms with van der Waals surface area (Å²) in [5.74, 6) is 0.378. The summed E-state index contributed by atoms with van der Waals surface area (Å²) in [4.78, 5) is 12.1. The van der Waals surface area contributed by atoms with Crippen LogP contribution in [0, 0.1) is 0 Å². The molecule has 0 spiro atoms. The summed E-state index contributed by atoms with van der Waals surface area (Å²) < 4.78 is 10.4. The van der Waals surface area contributed by atoms with E-state index in [9.17, 15) is 4.79 Å². The Hall–Kier alpha value is -2.55. The van der Waals surface area contributed by atoms with Gasteiger partial charge in [0.15, 0.2) is 0 Å². The van der Waals surface area contributed by atoms with E-state index in [1.54, 1.807) is 26.2 Å². The average molecular weight is 338 g/mol. The normalized spacial score (nSPS) is 11.6. The molecule has 0 aliphatic heterocycles. The molecule has 0 aliphatic carbocycles. The molecular formula is C22H26O3. The van der Waals surface area contributed by atoms with Gasteiger partial charge in [0.2, 0.25) is 0 Å². The fourth-order valence-electron chi connectivity index (χ4n) is 2.48. The van der Waals surface area contributed by atoms with Crippen LogP contribution < -0.4 is 4.74 Å². The van der Waals surface area contributed by atoms with Gasteiger partial charge in [-0.3, -0.25) is 0 Å². The SMILES string of the molecule is CCOC(=O)c1ccc(OC)cc1C=Cc1ccc(C(C)(C)C)cc1. The van der Waals surface area contributed by atoms with Crippen LogP contribution in [0.25, 0.3) is 12.2 Å². The third-order valence-electron chi connectivity index (χ3n) is 3.99. The van der Waals surface area contributed by atoms with Crippen LogP contribution in [-0.2, 0) is 10.2 Å². The molecule has 0 bridgehead atoms. The summed E-state index contributed by atoms with van der Waals surface area (Å²) in [5, 5.41) is 0. The van der Waals surface area contributed by atoms with Gasteiger partial charge in [0.1, 0.15) is 5.75 Å². The van der Waals surface area contributed by atoms with E-state index in [2.05, 4.69) is 45.0 Å². The van der Waals surface area contributed by atoms with Crippen molar-refractivity contribution in [1.29, 1.82) is 0 Å². The molecule has 0 unspecified atom stereocenters. The van der Waals surface area contributed by atoms with Gasteiger partial charge in [0.05, 0.1) is 19.3 Å². The fraction of sp³-hybridized carbons (Fsp3) is 0.318. The standard InChI is InChI=1S/C22H26O3/c1-6-25-21(23)20-14-13-19(24-5)15-17(20)10-7-16-8-11-18(12-9-16)22(2,3)4/h7-15H,6H2,1-5H3. The smallest absolute Gasteiger partial charge is 0.338 e. The van der Waals surface area contributed by atoms with Gasteiger partial charge >= 0.3 is 5.97 Å². The van der Waals surface area contributed by atoms with Crippen molar-refractivity contribution in [3.05, 3.63) is 64.7 Å². The Kier molecular flexibility index (Phi) is 6.02. The Bertz CT molecular complexity index is 750. The number of carbonyl (C=O) groups excluding carboxylic acids is 1. The summed E-state index contributed by atoms with van der Waals surface area (Å²) in [6.07, 6.45) is 3.91. The quantitative estimate of drug-likeness (QED) is 0.545. The number of carbonyl (C=O) groups is 1. The first-order valence-corrected chi connectivity index (χ1v) is 8.49. The molecule has 0 aliphatic rings. The lowest BCUT2D eigenvalue weighted by Crippen LogP contribution is -2.10. The van der Waals surface area contributed by atoms with Crippen molar-refractivity contribution < 1.29 is 14.3 Å². The first kappa shape index (κ1) is 18.8. The molecule has 0 aromatic heterocycles. The molecule has 0 radical (unpaired) electrons. The second-order valence-electron chi connectivity index (χ2n) is 6.88. The van der Waals surface area contributed by atoms with Crippen LogP contribution in [0.3, 0.4) is 0 Å². The molecular weight excluding hydrogens is 312 g/mol. The maximum absolute atomic E-state index is 12.1. The Morgan fingerprint density at radius 3 is 2.28 bits per heavy atom. The second kappa shape index (κ2) is 8.02. The van der Waals surface area contributed by atoms with E-state index in [1.165, 1.54) is 5.56 Å². The van der Waals surface area contributed by atoms with Crippen LogP contribution in [0.4, 0.5) is 0 Å².